The summed E-state index contributed by atoms with van der Waals surface area (Å²) in [6.07, 6.45) is 6.49. The summed E-state index contributed by atoms with van der Waals surface area (Å²) in [5.41, 5.74) is 3.93. The van der Waals surface area contributed by atoms with Crippen LogP contribution in [0.4, 0.5) is 0 Å². The average molecular weight is 228 g/mol. The average Bonchev–Trinajstić information content (AvgIpc) is 2.94. The fourth-order valence-corrected chi connectivity index (χ4v) is 3.18. The van der Waals surface area contributed by atoms with Gasteiger partial charge in [-0.25, -0.2) is 4.98 Å². The predicted octanol–water partition coefficient (Wildman–Crippen LogP) is 4.09. The van der Waals surface area contributed by atoms with Gasteiger partial charge in [0.15, 0.2) is 0 Å². The smallest absolute Gasteiger partial charge is 0.113 e. The number of hydrogen-bond donors (Lipinski definition) is 1. The van der Waals surface area contributed by atoms with Crippen LogP contribution in [0.5, 0.6) is 0 Å². The molecule has 1 aliphatic carbocycles. The number of nitrogens with zero attached hydrogens (tertiary/aromatic N) is 1. The molecule has 0 atom stereocenters. The van der Waals surface area contributed by atoms with E-state index in [4.69, 9.17) is 4.98 Å². The zero-order chi connectivity index (χ0) is 11.9. The van der Waals surface area contributed by atoms with Gasteiger partial charge in [0.05, 0.1) is 11.0 Å². The highest BCUT2D eigenvalue weighted by atomic mass is 14.9. The first-order valence-corrected chi connectivity index (χ1v) is 6.70. The van der Waals surface area contributed by atoms with Crippen molar-refractivity contribution in [1.29, 1.82) is 0 Å². The highest BCUT2D eigenvalue weighted by Crippen LogP contribution is 2.42. The lowest BCUT2D eigenvalue weighted by Crippen LogP contribution is -2.22. The summed E-state index contributed by atoms with van der Waals surface area (Å²) in [5, 5.41) is 0. The molecule has 1 aromatic carbocycles. The fourth-order valence-electron chi connectivity index (χ4n) is 3.18. The van der Waals surface area contributed by atoms with Gasteiger partial charge in [0, 0.05) is 5.41 Å². The molecule has 2 heteroatoms. The molecule has 2 nitrogen and oxygen atoms in total. The third-order valence-corrected chi connectivity index (χ3v) is 4.38. The van der Waals surface area contributed by atoms with Crippen LogP contribution in [0.3, 0.4) is 0 Å². The predicted molar refractivity (Wildman–Crippen MR) is 71.3 cm³/mol. The van der Waals surface area contributed by atoms with Crippen LogP contribution in [0, 0.1) is 6.92 Å². The topological polar surface area (TPSA) is 28.7 Å². The molecule has 1 N–H and O–H groups in total. The van der Waals surface area contributed by atoms with E-state index in [0.717, 1.165) is 5.52 Å². The second-order valence-electron chi connectivity index (χ2n) is 5.45. The van der Waals surface area contributed by atoms with Crippen molar-refractivity contribution in [2.45, 2.75) is 51.4 Å². The molecular weight excluding hydrogens is 208 g/mol. The summed E-state index contributed by atoms with van der Waals surface area (Å²) >= 11 is 0. The molecule has 0 radical (unpaired) electrons. The van der Waals surface area contributed by atoms with Gasteiger partial charge in [-0.3, -0.25) is 0 Å². The molecule has 0 saturated heterocycles. The maximum Gasteiger partial charge on any atom is 0.113 e. The molecule has 0 aliphatic heterocycles. The number of aryl methyl sites for hydroxylation is 1. The van der Waals surface area contributed by atoms with Crippen molar-refractivity contribution in [1.82, 2.24) is 9.97 Å². The number of nitrogens with one attached hydrogen (secondary N) is 1. The van der Waals surface area contributed by atoms with Crippen LogP contribution >= 0.6 is 0 Å². The van der Waals surface area contributed by atoms with E-state index in [1.54, 1.807) is 0 Å². The van der Waals surface area contributed by atoms with E-state index in [-0.39, 0.29) is 0 Å². The van der Waals surface area contributed by atoms with Crippen molar-refractivity contribution >= 4 is 11.0 Å². The van der Waals surface area contributed by atoms with E-state index in [2.05, 4.69) is 37.0 Å². The van der Waals surface area contributed by atoms with Gasteiger partial charge in [-0.15, -0.1) is 0 Å². The SMILES string of the molecule is CCC1(c2nc3ccc(C)cc3[nH]2)CCCC1. The zero-order valence-electron chi connectivity index (χ0n) is 10.7. The van der Waals surface area contributed by atoms with Crippen molar-refractivity contribution in [3.63, 3.8) is 0 Å². The highest BCUT2D eigenvalue weighted by molar-refractivity contribution is 5.76. The van der Waals surface area contributed by atoms with Gasteiger partial charge in [-0.2, -0.15) is 0 Å². The van der Waals surface area contributed by atoms with Gasteiger partial charge in [0.1, 0.15) is 5.82 Å². The lowest BCUT2D eigenvalue weighted by atomic mass is 9.83. The molecule has 1 heterocycles. The van der Waals surface area contributed by atoms with Gasteiger partial charge in [0.2, 0.25) is 0 Å². The van der Waals surface area contributed by atoms with Crippen LogP contribution in [0.15, 0.2) is 18.2 Å². The summed E-state index contributed by atoms with van der Waals surface area (Å²) in [6.45, 7) is 4.43. The third-order valence-electron chi connectivity index (χ3n) is 4.38. The Morgan fingerprint density at radius 2 is 2.06 bits per heavy atom. The van der Waals surface area contributed by atoms with Crippen LogP contribution in [-0.2, 0) is 5.41 Å². The van der Waals surface area contributed by atoms with Crippen LogP contribution in [0.2, 0.25) is 0 Å². The minimum Gasteiger partial charge on any atom is -0.341 e. The van der Waals surface area contributed by atoms with E-state index < -0.39 is 0 Å². The summed E-state index contributed by atoms with van der Waals surface area (Å²) in [6, 6.07) is 6.47. The Hall–Kier alpha value is -1.31. The molecule has 0 amide bonds. The normalized spacial score (nSPS) is 18.9. The molecule has 1 saturated carbocycles. The second kappa shape index (κ2) is 3.86. The van der Waals surface area contributed by atoms with E-state index >= 15 is 0 Å². The number of rotatable bonds is 2. The Kier molecular flexibility index (Phi) is 2.46. The number of hydrogen-bond acceptors (Lipinski definition) is 1. The monoisotopic (exact) mass is 228 g/mol. The number of aromatic amines is 1. The number of aromatic nitrogens is 2. The standard InChI is InChI=1S/C15H20N2/c1-3-15(8-4-5-9-15)14-16-12-7-6-11(2)10-13(12)17-14/h6-7,10H,3-5,8-9H2,1-2H3,(H,16,17). The van der Waals surface area contributed by atoms with Gasteiger partial charge < -0.3 is 4.98 Å². The minimum absolute atomic E-state index is 0.326. The molecule has 0 spiro atoms. The Labute approximate surface area is 102 Å². The van der Waals surface area contributed by atoms with Crippen molar-refractivity contribution in [3.8, 4) is 0 Å². The molecule has 1 fully saturated rings. The van der Waals surface area contributed by atoms with Crippen molar-refractivity contribution in [3.05, 3.63) is 29.6 Å². The summed E-state index contributed by atoms with van der Waals surface area (Å²) in [7, 11) is 0. The first-order valence-electron chi connectivity index (χ1n) is 6.70. The van der Waals surface area contributed by atoms with Gasteiger partial charge in [0.25, 0.3) is 0 Å². The zero-order valence-corrected chi connectivity index (χ0v) is 10.7. The van der Waals surface area contributed by atoms with Crippen LogP contribution in [0.25, 0.3) is 11.0 Å². The fraction of sp³-hybridized carbons (Fsp3) is 0.533. The third kappa shape index (κ3) is 1.67. The largest absolute Gasteiger partial charge is 0.341 e. The number of fused-ring (bicyclic) bond motifs is 1. The molecule has 3 rings (SSSR count). The van der Waals surface area contributed by atoms with Gasteiger partial charge in [-0.05, 0) is 43.9 Å². The minimum atomic E-state index is 0.326. The molecule has 1 aromatic heterocycles. The van der Waals surface area contributed by atoms with E-state index in [1.807, 2.05) is 0 Å². The second-order valence-corrected chi connectivity index (χ2v) is 5.45. The molecule has 0 unspecified atom stereocenters. The molecular formula is C15H20N2. The quantitative estimate of drug-likeness (QED) is 0.824. The van der Waals surface area contributed by atoms with Crippen LogP contribution in [0.1, 0.15) is 50.4 Å². The molecule has 2 aromatic rings. The lowest BCUT2D eigenvalue weighted by molar-refractivity contribution is 0.403. The van der Waals surface area contributed by atoms with Gasteiger partial charge in [-0.1, -0.05) is 25.8 Å². The maximum atomic E-state index is 4.82. The molecule has 0 bridgehead atoms. The Bertz CT molecular complexity index is 533. The highest BCUT2D eigenvalue weighted by Gasteiger charge is 2.36. The van der Waals surface area contributed by atoms with E-state index in [0.29, 0.717) is 5.41 Å². The maximum absolute atomic E-state index is 4.82. The van der Waals surface area contributed by atoms with E-state index in [9.17, 15) is 0 Å². The summed E-state index contributed by atoms with van der Waals surface area (Å²) in [5.74, 6) is 1.22. The molecule has 1 aliphatic rings. The van der Waals surface area contributed by atoms with Crippen molar-refractivity contribution < 1.29 is 0 Å². The lowest BCUT2D eigenvalue weighted by Gasteiger charge is -2.24. The van der Waals surface area contributed by atoms with E-state index in [1.165, 1.54) is 49.0 Å². The number of imidazole rings is 1. The number of H-pyrrole nitrogens is 1. The van der Waals surface area contributed by atoms with Crippen LogP contribution < -0.4 is 0 Å². The van der Waals surface area contributed by atoms with Crippen molar-refractivity contribution in [2.24, 2.45) is 0 Å². The van der Waals surface area contributed by atoms with Gasteiger partial charge >= 0.3 is 0 Å². The van der Waals surface area contributed by atoms with Crippen LogP contribution in [-0.4, -0.2) is 9.97 Å². The Balaban J connectivity index is 2.11. The Morgan fingerprint density at radius 3 is 2.76 bits per heavy atom. The Morgan fingerprint density at radius 1 is 1.29 bits per heavy atom. The first-order chi connectivity index (χ1) is 8.23. The first kappa shape index (κ1) is 10.8. The molecule has 90 valence electrons. The summed E-state index contributed by atoms with van der Waals surface area (Å²) < 4.78 is 0. The van der Waals surface area contributed by atoms with Crippen molar-refractivity contribution in [2.75, 3.05) is 0 Å². The number of benzene rings is 1. The molecule has 17 heavy (non-hydrogen) atoms. The summed E-state index contributed by atoms with van der Waals surface area (Å²) in [4.78, 5) is 8.38.